The summed E-state index contributed by atoms with van der Waals surface area (Å²) in [6.45, 7) is 6.71. The zero-order valence-corrected chi connectivity index (χ0v) is 9.67. The van der Waals surface area contributed by atoms with Crippen molar-refractivity contribution in [2.75, 3.05) is 6.54 Å². The predicted octanol–water partition coefficient (Wildman–Crippen LogP) is 0.673. The van der Waals surface area contributed by atoms with Gasteiger partial charge in [-0.3, -0.25) is 9.59 Å². The summed E-state index contributed by atoms with van der Waals surface area (Å²) in [5, 5.41) is 5.63. The molecule has 0 aromatic heterocycles. The average molecular weight is 212 g/mol. The fourth-order valence-corrected chi connectivity index (χ4v) is 1.63. The molecule has 2 N–H and O–H groups in total. The first-order chi connectivity index (χ1) is 7.04. The second-order valence-corrected chi connectivity index (χ2v) is 4.39. The van der Waals surface area contributed by atoms with E-state index in [-0.39, 0.29) is 23.8 Å². The van der Waals surface area contributed by atoms with Gasteiger partial charge in [0.05, 0.1) is 5.92 Å². The lowest BCUT2D eigenvalue weighted by Gasteiger charge is -2.21. The molecule has 0 aromatic carbocycles. The van der Waals surface area contributed by atoms with Gasteiger partial charge in [-0.15, -0.1) is 0 Å². The number of amides is 2. The third-order valence-corrected chi connectivity index (χ3v) is 3.22. The molecule has 4 nitrogen and oxygen atoms in total. The van der Waals surface area contributed by atoms with Crippen molar-refractivity contribution in [2.24, 2.45) is 11.8 Å². The van der Waals surface area contributed by atoms with Gasteiger partial charge >= 0.3 is 0 Å². The molecule has 0 spiro atoms. The van der Waals surface area contributed by atoms with E-state index in [0.29, 0.717) is 18.9 Å². The highest BCUT2D eigenvalue weighted by molar-refractivity contribution is 5.89. The van der Waals surface area contributed by atoms with Gasteiger partial charge in [-0.1, -0.05) is 20.3 Å². The topological polar surface area (TPSA) is 58.2 Å². The summed E-state index contributed by atoms with van der Waals surface area (Å²) < 4.78 is 0. The van der Waals surface area contributed by atoms with Crippen LogP contribution in [0.2, 0.25) is 0 Å². The highest BCUT2D eigenvalue weighted by Gasteiger charge is 2.28. The van der Waals surface area contributed by atoms with Crippen molar-refractivity contribution in [3.63, 3.8) is 0 Å². The molecule has 0 aliphatic carbocycles. The minimum Gasteiger partial charge on any atom is -0.355 e. The maximum absolute atomic E-state index is 11.7. The maximum atomic E-state index is 11.7. The van der Waals surface area contributed by atoms with Gasteiger partial charge in [0.1, 0.15) is 0 Å². The Balaban J connectivity index is 2.38. The highest BCUT2D eigenvalue weighted by atomic mass is 16.2. The van der Waals surface area contributed by atoms with Gasteiger partial charge in [-0.2, -0.15) is 0 Å². The van der Waals surface area contributed by atoms with Crippen LogP contribution in [0.3, 0.4) is 0 Å². The van der Waals surface area contributed by atoms with Crippen LogP contribution in [0.15, 0.2) is 0 Å². The van der Waals surface area contributed by atoms with Crippen LogP contribution in [0, 0.1) is 11.8 Å². The lowest BCUT2D eigenvalue weighted by molar-refractivity contribution is -0.127. The molecule has 1 aliphatic rings. The third kappa shape index (κ3) is 3.22. The fraction of sp³-hybridized carbons (Fsp3) is 0.818. The molecular weight excluding hydrogens is 192 g/mol. The van der Waals surface area contributed by atoms with E-state index in [1.165, 1.54) is 0 Å². The Kier molecular flexibility index (Phi) is 4.12. The molecule has 1 fully saturated rings. The maximum Gasteiger partial charge on any atom is 0.225 e. The van der Waals surface area contributed by atoms with E-state index in [1.54, 1.807) is 0 Å². The first-order valence-corrected chi connectivity index (χ1v) is 5.61. The Labute approximate surface area is 90.8 Å². The molecular formula is C11H20N2O2. The molecule has 2 amide bonds. The van der Waals surface area contributed by atoms with Gasteiger partial charge in [-0.05, 0) is 12.8 Å². The van der Waals surface area contributed by atoms with Crippen molar-refractivity contribution >= 4 is 11.8 Å². The third-order valence-electron chi connectivity index (χ3n) is 3.22. The fourth-order valence-electron chi connectivity index (χ4n) is 1.63. The lowest BCUT2D eigenvalue weighted by atomic mass is 9.99. The molecule has 15 heavy (non-hydrogen) atoms. The van der Waals surface area contributed by atoms with Crippen molar-refractivity contribution in [2.45, 2.75) is 39.7 Å². The summed E-state index contributed by atoms with van der Waals surface area (Å²) >= 11 is 0. The highest BCUT2D eigenvalue weighted by Crippen LogP contribution is 2.11. The Morgan fingerprint density at radius 3 is 2.73 bits per heavy atom. The van der Waals surface area contributed by atoms with Crippen LogP contribution < -0.4 is 10.6 Å². The molecule has 4 heteroatoms. The van der Waals surface area contributed by atoms with Crippen LogP contribution in [-0.4, -0.2) is 24.4 Å². The summed E-state index contributed by atoms with van der Waals surface area (Å²) in [7, 11) is 0. The first kappa shape index (κ1) is 12.0. The molecule has 3 atom stereocenters. The van der Waals surface area contributed by atoms with Gasteiger partial charge in [0.2, 0.25) is 11.8 Å². The van der Waals surface area contributed by atoms with Gasteiger partial charge < -0.3 is 10.6 Å². The van der Waals surface area contributed by atoms with Crippen LogP contribution >= 0.6 is 0 Å². The van der Waals surface area contributed by atoms with Crippen LogP contribution in [0.5, 0.6) is 0 Å². The standard InChI is InChI=1S/C11H20N2O2/c1-4-7(2)8(3)13-11(15)9-5-10(14)12-6-9/h7-9H,4-6H2,1-3H3,(H,12,14)(H,13,15). The molecule has 3 unspecified atom stereocenters. The van der Waals surface area contributed by atoms with Crippen molar-refractivity contribution in [1.82, 2.24) is 10.6 Å². The van der Waals surface area contributed by atoms with Crippen LogP contribution in [-0.2, 0) is 9.59 Å². The second-order valence-electron chi connectivity index (χ2n) is 4.39. The molecule has 0 aromatic rings. The van der Waals surface area contributed by atoms with Crippen LogP contribution in [0.25, 0.3) is 0 Å². The zero-order valence-electron chi connectivity index (χ0n) is 9.67. The number of nitrogens with one attached hydrogen (secondary N) is 2. The molecule has 1 aliphatic heterocycles. The van der Waals surface area contributed by atoms with Gasteiger partial charge in [-0.25, -0.2) is 0 Å². The molecule has 1 heterocycles. The molecule has 1 rings (SSSR count). The average Bonchev–Trinajstić information content (AvgIpc) is 2.63. The molecule has 1 saturated heterocycles. The zero-order chi connectivity index (χ0) is 11.4. The Hall–Kier alpha value is -1.06. The van der Waals surface area contributed by atoms with E-state index < -0.39 is 0 Å². The molecule has 86 valence electrons. The SMILES string of the molecule is CCC(C)C(C)NC(=O)C1CNC(=O)C1. The van der Waals surface area contributed by atoms with Crippen LogP contribution in [0.1, 0.15) is 33.6 Å². The summed E-state index contributed by atoms with van der Waals surface area (Å²) in [6, 6.07) is 0.179. The van der Waals surface area contributed by atoms with E-state index in [1.807, 2.05) is 6.92 Å². The summed E-state index contributed by atoms with van der Waals surface area (Å²) in [4.78, 5) is 22.7. The van der Waals surface area contributed by atoms with Crippen LogP contribution in [0.4, 0.5) is 0 Å². The number of carbonyl (C=O) groups excluding carboxylic acids is 2. The summed E-state index contributed by atoms with van der Waals surface area (Å²) in [6.07, 6.45) is 1.38. The minimum absolute atomic E-state index is 0.00106. The number of rotatable bonds is 4. The normalized spacial score (nSPS) is 24.5. The van der Waals surface area contributed by atoms with Crippen molar-refractivity contribution < 1.29 is 9.59 Å². The molecule has 0 radical (unpaired) electrons. The Bertz CT molecular complexity index is 253. The largest absolute Gasteiger partial charge is 0.355 e. The molecule has 0 saturated carbocycles. The lowest BCUT2D eigenvalue weighted by Crippen LogP contribution is -2.41. The number of hydrogen-bond acceptors (Lipinski definition) is 2. The second kappa shape index (κ2) is 5.14. The number of carbonyl (C=O) groups is 2. The summed E-state index contributed by atoms with van der Waals surface area (Å²) in [5.74, 6) is 0.274. The molecule has 0 bridgehead atoms. The number of hydrogen-bond donors (Lipinski definition) is 2. The smallest absolute Gasteiger partial charge is 0.225 e. The summed E-state index contributed by atoms with van der Waals surface area (Å²) in [5.41, 5.74) is 0. The van der Waals surface area contributed by atoms with Gasteiger partial charge in [0.25, 0.3) is 0 Å². The van der Waals surface area contributed by atoms with Crippen molar-refractivity contribution in [1.29, 1.82) is 0 Å². The van der Waals surface area contributed by atoms with Crippen molar-refractivity contribution in [3.8, 4) is 0 Å². The van der Waals surface area contributed by atoms with E-state index >= 15 is 0 Å². The van der Waals surface area contributed by atoms with E-state index in [0.717, 1.165) is 6.42 Å². The van der Waals surface area contributed by atoms with Gasteiger partial charge in [0.15, 0.2) is 0 Å². The van der Waals surface area contributed by atoms with E-state index in [9.17, 15) is 9.59 Å². The monoisotopic (exact) mass is 212 g/mol. The quantitative estimate of drug-likeness (QED) is 0.719. The Morgan fingerprint density at radius 1 is 1.60 bits per heavy atom. The van der Waals surface area contributed by atoms with Crippen molar-refractivity contribution in [3.05, 3.63) is 0 Å². The van der Waals surface area contributed by atoms with E-state index in [2.05, 4.69) is 24.5 Å². The van der Waals surface area contributed by atoms with E-state index in [4.69, 9.17) is 0 Å². The Morgan fingerprint density at radius 2 is 2.27 bits per heavy atom. The van der Waals surface area contributed by atoms with Gasteiger partial charge in [0, 0.05) is 19.0 Å². The first-order valence-electron chi connectivity index (χ1n) is 5.61. The predicted molar refractivity (Wildman–Crippen MR) is 58.2 cm³/mol. The minimum atomic E-state index is -0.177.